The fourth-order valence-corrected chi connectivity index (χ4v) is 2.67. The third-order valence-corrected chi connectivity index (χ3v) is 4.15. The van der Waals surface area contributed by atoms with Crippen molar-refractivity contribution in [2.75, 3.05) is 0 Å². The number of halogens is 2. The number of non-ortho nitro benzene ring substituents is 1. The van der Waals surface area contributed by atoms with Crippen LogP contribution in [-0.4, -0.2) is 10.7 Å². The molecule has 0 bridgehead atoms. The zero-order valence-electron chi connectivity index (χ0n) is 13.2. The number of carbonyl (C=O) groups is 1. The number of benzene rings is 2. The molecule has 0 aliphatic carbocycles. The van der Waals surface area contributed by atoms with Crippen LogP contribution >= 0.6 is 23.2 Å². The van der Waals surface area contributed by atoms with Crippen molar-refractivity contribution in [2.24, 2.45) is 0 Å². The van der Waals surface area contributed by atoms with Gasteiger partial charge in [0.15, 0.2) is 5.78 Å². The fraction of sp³-hybridized carbons (Fsp3) is 0. The van der Waals surface area contributed by atoms with Crippen molar-refractivity contribution in [3.05, 3.63) is 92.2 Å². The van der Waals surface area contributed by atoms with E-state index in [2.05, 4.69) is 0 Å². The lowest BCUT2D eigenvalue weighted by Gasteiger charge is -2.00. The SMILES string of the molecule is O=C(C=Cc1ccc(-c2ccc([N+](=O)[O-])cc2Cl)o1)c1ccc(Cl)cc1. The highest BCUT2D eigenvalue weighted by Crippen LogP contribution is 2.32. The van der Waals surface area contributed by atoms with Gasteiger partial charge in [-0.15, -0.1) is 0 Å². The number of nitro benzene ring substituents is 1. The Kier molecular flexibility index (Phi) is 5.21. The summed E-state index contributed by atoms with van der Waals surface area (Å²) in [7, 11) is 0. The minimum absolute atomic E-state index is 0.0982. The van der Waals surface area contributed by atoms with Crippen molar-refractivity contribution in [3.63, 3.8) is 0 Å². The van der Waals surface area contributed by atoms with Gasteiger partial charge in [0.05, 0.1) is 9.95 Å². The summed E-state index contributed by atoms with van der Waals surface area (Å²) in [4.78, 5) is 22.4. The van der Waals surface area contributed by atoms with Crippen LogP contribution in [0, 0.1) is 10.1 Å². The van der Waals surface area contributed by atoms with Crippen molar-refractivity contribution < 1.29 is 14.1 Å². The van der Waals surface area contributed by atoms with Gasteiger partial charge < -0.3 is 4.42 Å². The summed E-state index contributed by atoms with van der Waals surface area (Å²) in [6.07, 6.45) is 2.93. The van der Waals surface area contributed by atoms with Crippen molar-refractivity contribution in [1.82, 2.24) is 0 Å². The molecule has 5 nitrogen and oxygen atoms in total. The lowest BCUT2D eigenvalue weighted by molar-refractivity contribution is -0.384. The third kappa shape index (κ3) is 4.02. The molecule has 1 heterocycles. The number of nitro groups is 1. The fourth-order valence-electron chi connectivity index (χ4n) is 2.27. The van der Waals surface area contributed by atoms with Gasteiger partial charge in [-0.1, -0.05) is 23.2 Å². The molecule has 3 rings (SSSR count). The smallest absolute Gasteiger partial charge is 0.270 e. The van der Waals surface area contributed by atoms with Gasteiger partial charge in [-0.3, -0.25) is 14.9 Å². The zero-order valence-corrected chi connectivity index (χ0v) is 14.7. The average Bonchev–Trinajstić information content (AvgIpc) is 3.08. The Balaban J connectivity index is 1.78. The molecule has 2 aromatic carbocycles. The summed E-state index contributed by atoms with van der Waals surface area (Å²) < 4.78 is 5.64. The van der Waals surface area contributed by atoms with E-state index < -0.39 is 4.92 Å². The van der Waals surface area contributed by atoms with Gasteiger partial charge in [0.1, 0.15) is 11.5 Å². The molecule has 7 heteroatoms. The number of allylic oxidation sites excluding steroid dienone is 1. The first kappa shape index (κ1) is 17.9. The van der Waals surface area contributed by atoms with Gasteiger partial charge in [-0.2, -0.15) is 0 Å². The molecule has 0 N–H and O–H groups in total. The van der Waals surface area contributed by atoms with Crippen molar-refractivity contribution >= 4 is 40.7 Å². The van der Waals surface area contributed by atoms with E-state index in [1.807, 2.05) is 0 Å². The first-order valence-corrected chi connectivity index (χ1v) is 8.22. The Bertz CT molecular complexity index is 1010. The van der Waals surface area contributed by atoms with Gasteiger partial charge in [0.2, 0.25) is 0 Å². The van der Waals surface area contributed by atoms with Crippen LogP contribution < -0.4 is 0 Å². The number of hydrogen-bond acceptors (Lipinski definition) is 4. The van der Waals surface area contributed by atoms with Crippen LogP contribution in [0.1, 0.15) is 16.1 Å². The molecule has 1 aromatic heterocycles. The van der Waals surface area contributed by atoms with Crippen LogP contribution in [0.4, 0.5) is 5.69 Å². The van der Waals surface area contributed by atoms with Crippen molar-refractivity contribution in [3.8, 4) is 11.3 Å². The molecule has 3 aromatic rings. The lowest BCUT2D eigenvalue weighted by atomic mass is 10.1. The van der Waals surface area contributed by atoms with E-state index in [0.29, 0.717) is 27.7 Å². The number of furan rings is 1. The summed E-state index contributed by atoms with van der Waals surface area (Å²) in [6.45, 7) is 0. The second-order valence-electron chi connectivity index (χ2n) is 5.33. The van der Waals surface area contributed by atoms with Gasteiger partial charge in [-0.05, 0) is 54.6 Å². The van der Waals surface area contributed by atoms with Gasteiger partial charge in [0, 0.05) is 28.3 Å². The highest BCUT2D eigenvalue weighted by molar-refractivity contribution is 6.33. The number of nitrogens with zero attached hydrogens (tertiary/aromatic N) is 1. The molecule has 26 heavy (non-hydrogen) atoms. The average molecular weight is 388 g/mol. The largest absolute Gasteiger partial charge is 0.457 e. The maximum atomic E-state index is 12.1. The molecule has 0 unspecified atom stereocenters. The van der Waals surface area contributed by atoms with E-state index in [4.69, 9.17) is 27.6 Å². The molecule has 0 aliphatic heterocycles. The maximum absolute atomic E-state index is 12.1. The van der Waals surface area contributed by atoms with E-state index in [-0.39, 0.29) is 16.5 Å². The number of rotatable bonds is 5. The molecular weight excluding hydrogens is 377 g/mol. The van der Waals surface area contributed by atoms with Gasteiger partial charge in [-0.25, -0.2) is 0 Å². The minimum atomic E-state index is -0.520. The Labute approximate surface area is 158 Å². The van der Waals surface area contributed by atoms with Crippen LogP contribution in [0.15, 0.2) is 65.1 Å². The minimum Gasteiger partial charge on any atom is -0.457 e. The summed E-state index contributed by atoms with van der Waals surface area (Å²) >= 11 is 11.9. The van der Waals surface area contributed by atoms with Crippen LogP contribution in [0.5, 0.6) is 0 Å². The van der Waals surface area contributed by atoms with E-state index >= 15 is 0 Å². The Hall–Kier alpha value is -2.89. The predicted molar refractivity (Wildman–Crippen MR) is 101 cm³/mol. The Morgan fingerprint density at radius 2 is 1.77 bits per heavy atom. The predicted octanol–water partition coefficient (Wildman–Crippen LogP) is 6.06. The molecule has 0 amide bonds. The molecule has 0 fully saturated rings. The Morgan fingerprint density at radius 1 is 1.04 bits per heavy atom. The third-order valence-electron chi connectivity index (χ3n) is 3.58. The standard InChI is InChI=1S/C19H11Cl2NO4/c20-13-3-1-12(2-4-13)18(23)9-6-15-7-10-19(26-15)16-8-5-14(22(24)25)11-17(16)21/h1-11H. The van der Waals surface area contributed by atoms with Crippen molar-refractivity contribution in [2.45, 2.75) is 0 Å². The maximum Gasteiger partial charge on any atom is 0.270 e. The molecule has 130 valence electrons. The van der Waals surface area contributed by atoms with Crippen molar-refractivity contribution in [1.29, 1.82) is 0 Å². The monoisotopic (exact) mass is 387 g/mol. The molecule has 0 saturated heterocycles. The van der Waals surface area contributed by atoms with Crippen LogP contribution in [-0.2, 0) is 0 Å². The second kappa shape index (κ2) is 7.56. The summed E-state index contributed by atoms with van der Waals surface area (Å²) in [5.74, 6) is 0.716. The van der Waals surface area contributed by atoms with Crippen LogP contribution in [0.25, 0.3) is 17.4 Å². The normalized spacial score (nSPS) is 11.0. The molecule has 0 spiro atoms. The zero-order chi connectivity index (χ0) is 18.7. The molecular formula is C19H11Cl2NO4. The molecule has 0 radical (unpaired) electrons. The highest BCUT2D eigenvalue weighted by Gasteiger charge is 2.13. The number of hydrogen-bond donors (Lipinski definition) is 0. The summed E-state index contributed by atoms with van der Waals surface area (Å²) in [5.41, 5.74) is 0.941. The Morgan fingerprint density at radius 3 is 2.42 bits per heavy atom. The van der Waals surface area contributed by atoms with E-state index in [0.717, 1.165) is 0 Å². The van der Waals surface area contributed by atoms with Gasteiger partial charge >= 0.3 is 0 Å². The van der Waals surface area contributed by atoms with E-state index in [9.17, 15) is 14.9 Å². The number of carbonyl (C=O) groups excluding carboxylic acids is 1. The first-order chi connectivity index (χ1) is 12.4. The lowest BCUT2D eigenvalue weighted by Crippen LogP contribution is -1.92. The number of ketones is 1. The quantitative estimate of drug-likeness (QED) is 0.231. The van der Waals surface area contributed by atoms with Crippen LogP contribution in [0.3, 0.4) is 0 Å². The van der Waals surface area contributed by atoms with E-state index in [1.54, 1.807) is 42.5 Å². The molecule has 0 atom stereocenters. The van der Waals surface area contributed by atoms with Gasteiger partial charge in [0.25, 0.3) is 5.69 Å². The first-order valence-electron chi connectivity index (χ1n) is 7.46. The second-order valence-corrected chi connectivity index (χ2v) is 6.17. The highest BCUT2D eigenvalue weighted by atomic mass is 35.5. The topological polar surface area (TPSA) is 73.3 Å². The molecule has 0 saturated carbocycles. The van der Waals surface area contributed by atoms with Crippen LogP contribution in [0.2, 0.25) is 10.0 Å². The summed E-state index contributed by atoms with van der Waals surface area (Å²) in [5, 5.41) is 11.5. The summed E-state index contributed by atoms with van der Waals surface area (Å²) in [6, 6.07) is 14.1. The van der Waals surface area contributed by atoms with E-state index in [1.165, 1.54) is 24.3 Å². The molecule has 0 aliphatic rings.